The molecule has 122 valence electrons. The van der Waals surface area contributed by atoms with Crippen LogP contribution in [-0.4, -0.2) is 33.5 Å². The lowest BCUT2D eigenvalue weighted by Gasteiger charge is -2.08. The predicted molar refractivity (Wildman–Crippen MR) is 82.8 cm³/mol. The first-order chi connectivity index (χ1) is 11.5. The number of nitrogens with one attached hydrogen (secondary N) is 1. The van der Waals surface area contributed by atoms with Gasteiger partial charge in [-0.2, -0.15) is 13.2 Å². The second-order valence-corrected chi connectivity index (χ2v) is 5.37. The fraction of sp³-hybridized carbons (Fsp3) is 0.188. The van der Waals surface area contributed by atoms with Crippen LogP contribution in [0.3, 0.4) is 0 Å². The fourth-order valence-electron chi connectivity index (χ4n) is 2.65. The zero-order chi connectivity index (χ0) is 16.7. The Labute approximate surface area is 134 Å². The zero-order valence-electron chi connectivity index (χ0n) is 12.4. The zero-order valence-corrected chi connectivity index (χ0v) is 12.4. The molecule has 3 heterocycles. The van der Waals surface area contributed by atoms with Crippen LogP contribution in [-0.2, 0) is 6.18 Å². The molecule has 0 fully saturated rings. The summed E-state index contributed by atoms with van der Waals surface area (Å²) >= 11 is 0. The van der Waals surface area contributed by atoms with Crippen LogP contribution in [0.2, 0.25) is 0 Å². The largest absolute Gasteiger partial charge is 0.453 e. The minimum atomic E-state index is -4.60. The van der Waals surface area contributed by atoms with Crippen molar-refractivity contribution in [1.82, 2.24) is 19.9 Å². The predicted octanol–water partition coefficient (Wildman–Crippen LogP) is 2.76. The first-order valence-electron chi connectivity index (χ1n) is 7.34. The van der Waals surface area contributed by atoms with E-state index in [0.717, 1.165) is 11.1 Å². The molecule has 1 aliphatic rings. The Kier molecular flexibility index (Phi) is 3.26. The van der Waals surface area contributed by atoms with Gasteiger partial charge in [0.1, 0.15) is 5.84 Å². The van der Waals surface area contributed by atoms with Crippen molar-refractivity contribution in [2.24, 2.45) is 4.99 Å². The van der Waals surface area contributed by atoms with Crippen molar-refractivity contribution >= 4 is 11.5 Å². The third kappa shape index (κ3) is 2.49. The number of hydrogen-bond acceptors (Lipinski definition) is 4. The van der Waals surface area contributed by atoms with Crippen LogP contribution in [0.25, 0.3) is 16.8 Å². The smallest absolute Gasteiger partial charge is 0.368 e. The van der Waals surface area contributed by atoms with E-state index in [1.807, 2.05) is 30.3 Å². The van der Waals surface area contributed by atoms with Gasteiger partial charge in [-0.3, -0.25) is 4.99 Å². The molecular weight excluding hydrogens is 319 g/mol. The van der Waals surface area contributed by atoms with E-state index in [1.165, 1.54) is 4.52 Å². The summed E-state index contributed by atoms with van der Waals surface area (Å²) in [5.41, 5.74) is 2.27. The third-order valence-electron chi connectivity index (χ3n) is 3.72. The number of alkyl halides is 3. The molecule has 8 heteroatoms. The summed E-state index contributed by atoms with van der Waals surface area (Å²) in [6, 6.07) is 11.2. The molecule has 1 aromatic carbocycles. The standard InChI is InChI=1S/C16H12F3N5/c17-16(18,19)15-22-14-12(13-20-6-7-21-13)8-11(9-24(14)23-15)10-4-2-1-3-5-10/h1-5,8-9H,6-7H2,(H,20,21). The van der Waals surface area contributed by atoms with Crippen molar-refractivity contribution in [2.45, 2.75) is 6.18 Å². The number of pyridine rings is 1. The Morgan fingerprint density at radius 1 is 1.08 bits per heavy atom. The van der Waals surface area contributed by atoms with Crippen molar-refractivity contribution in [1.29, 1.82) is 0 Å². The third-order valence-corrected chi connectivity index (χ3v) is 3.72. The monoisotopic (exact) mass is 331 g/mol. The number of halogens is 3. The van der Waals surface area contributed by atoms with Crippen LogP contribution >= 0.6 is 0 Å². The summed E-state index contributed by atoms with van der Waals surface area (Å²) in [7, 11) is 0. The molecule has 0 unspecified atom stereocenters. The number of nitrogens with zero attached hydrogens (tertiary/aromatic N) is 4. The Morgan fingerprint density at radius 2 is 1.88 bits per heavy atom. The van der Waals surface area contributed by atoms with Crippen molar-refractivity contribution in [2.75, 3.05) is 13.1 Å². The first-order valence-corrected chi connectivity index (χ1v) is 7.34. The topological polar surface area (TPSA) is 54.6 Å². The van der Waals surface area contributed by atoms with Crippen molar-refractivity contribution in [3.05, 3.63) is 54.0 Å². The lowest BCUT2D eigenvalue weighted by atomic mass is 10.1. The van der Waals surface area contributed by atoms with E-state index in [1.54, 1.807) is 12.3 Å². The Bertz CT molecular complexity index is 928. The molecule has 2 aromatic heterocycles. The Morgan fingerprint density at radius 3 is 2.54 bits per heavy atom. The highest BCUT2D eigenvalue weighted by atomic mass is 19.4. The Hall–Kier alpha value is -2.90. The van der Waals surface area contributed by atoms with E-state index < -0.39 is 12.0 Å². The number of aromatic nitrogens is 3. The lowest BCUT2D eigenvalue weighted by molar-refractivity contribution is -0.144. The second-order valence-electron chi connectivity index (χ2n) is 5.37. The number of rotatable bonds is 2. The second kappa shape index (κ2) is 5.33. The maximum Gasteiger partial charge on any atom is 0.453 e. The summed E-state index contributed by atoms with van der Waals surface area (Å²) < 4.78 is 40.1. The average Bonchev–Trinajstić information content (AvgIpc) is 3.23. The number of amidine groups is 1. The van der Waals surface area contributed by atoms with E-state index >= 15 is 0 Å². The maximum atomic E-state index is 13.0. The summed E-state index contributed by atoms with van der Waals surface area (Å²) in [6.45, 7) is 1.23. The normalized spacial score (nSPS) is 14.7. The molecule has 0 saturated heterocycles. The van der Waals surface area contributed by atoms with Gasteiger partial charge in [-0.15, -0.1) is 5.10 Å². The van der Waals surface area contributed by atoms with Gasteiger partial charge in [-0.25, -0.2) is 9.50 Å². The molecule has 5 nitrogen and oxygen atoms in total. The molecule has 0 radical (unpaired) electrons. The summed E-state index contributed by atoms with van der Waals surface area (Å²) in [5.74, 6) is -0.619. The van der Waals surface area contributed by atoms with Gasteiger partial charge in [-0.1, -0.05) is 30.3 Å². The number of benzene rings is 1. The molecule has 0 aliphatic carbocycles. The molecule has 1 N–H and O–H groups in total. The summed E-state index contributed by atoms with van der Waals surface area (Å²) in [4.78, 5) is 7.97. The lowest BCUT2D eigenvalue weighted by Crippen LogP contribution is -2.20. The first kappa shape index (κ1) is 14.7. The van der Waals surface area contributed by atoms with E-state index in [0.29, 0.717) is 24.5 Å². The van der Waals surface area contributed by atoms with Crippen LogP contribution in [0, 0.1) is 0 Å². The van der Waals surface area contributed by atoms with Crippen LogP contribution in [0.15, 0.2) is 47.6 Å². The van der Waals surface area contributed by atoms with Crippen LogP contribution < -0.4 is 5.32 Å². The van der Waals surface area contributed by atoms with E-state index in [9.17, 15) is 13.2 Å². The van der Waals surface area contributed by atoms with Gasteiger partial charge < -0.3 is 5.32 Å². The summed E-state index contributed by atoms with van der Waals surface area (Å²) in [5, 5.41) is 6.68. The van der Waals surface area contributed by atoms with Crippen molar-refractivity contribution in [3.8, 4) is 11.1 Å². The molecule has 0 atom stereocenters. The van der Waals surface area contributed by atoms with Gasteiger partial charge in [0.05, 0.1) is 12.1 Å². The molecule has 4 rings (SSSR count). The maximum absolute atomic E-state index is 13.0. The SMILES string of the molecule is FC(F)(F)c1nc2c(C3=NCCN3)cc(-c3ccccc3)cn2n1. The Balaban J connectivity index is 1.96. The molecule has 24 heavy (non-hydrogen) atoms. The van der Waals surface area contributed by atoms with Gasteiger partial charge in [-0.05, 0) is 11.6 Å². The quantitative estimate of drug-likeness (QED) is 0.786. The fourth-order valence-corrected chi connectivity index (χ4v) is 2.65. The number of hydrogen-bond donors (Lipinski definition) is 1. The average molecular weight is 331 g/mol. The van der Waals surface area contributed by atoms with E-state index in [-0.39, 0.29) is 5.65 Å². The molecule has 3 aromatic rings. The van der Waals surface area contributed by atoms with Gasteiger partial charge in [0.25, 0.3) is 5.82 Å². The summed E-state index contributed by atoms with van der Waals surface area (Å²) in [6.07, 6.45) is -3.05. The minimum absolute atomic E-state index is 0.134. The van der Waals surface area contributed by atoms with Crippen molar-refractivity contribution in [3.63, 3.8) is 0 Å². The minimum Gasteiger partial charge on any atom is -0.368 e. The van der Waals surface area contributed by atoms with Crippen LogP contribution in [0.1, 0.15) is 11.4 Å². The number of fused-ring (bicyclic) bond motifs is 1. The van der Waals surface area contributed by atoms with E-state index in [4.69, 9.17) is 0 Å². The van der Waals surface area contributed by atoms with Gasteiger partial charge in [0.2, 0.25) is 0 Å². The highest BCUT2D eigenvalue weighted by Gasteiger charge is 2.37. The molecule has 1 aliphatic heterocycles. The highest BCUT2D eigenvalue weighted by molar-refractivity contribution is 6.05. The number of aliphatic imine (C=N–C) groups is 1. The van der Waals surface area contributed by atoms with Gasteiger partial charge >= 0.3 is 6.18 Å². The molecule has 0 saturated carbocycles. The van der Waals surface area contributed by atoms with Gasteiger partial charge in [0, 0.05) is 18.3 Å². The van der Waals surface area contributed by atoms with Crippen LogP contribution in [0.5, 0.6) is 0 Å². The molecule has 0 spiro atoms. The molecule has 0 amide bonds. The van der Waals surface area contributed by atoms with Gasteiger partial charge in [0.15, 0.2) is 5.65 Å². The molecular formula is C16H12F3N5. The van der Waals surface area contributed by atoms with Crippen LogP contribution in [0.4, 0.5) is 13.2 Å². The molecule has 0 bridgehead atoms. The van der Waals surface area contributed by atoms with Crippen molar-refractivity contribution < 1.29 is 13.2 Å². The highest BCUT2D eigenvalue weighted by Crippen LogP contribution is 2.29. The van der Waals surface area contributed by atoms with E-state index in [2.05, 4.69) is 20.4 Å².